The van der Waals surface area contributed by atoms with Crippen molar-refractivity contribution in [1.82, 2.24) is 9.80 Å². The SMILES string of the molecule is CCOc1cc(CN2CCN(C3CCCCCC3)CC2)ccc1OC. The zero-order chi connectivity index (χ0) is 17.5. The van der Waals surface area contributed by atoms with Gasteiger partial charge in [-0.25, -0.2) is 0 Å². The van der Waals surface area contributed by atoms with Gasteiger partial charge in [-0.2, -0.15) is 0 Å². The van der Waals surface area contributed by atoms with Crippen LogP contribution in [0.5, 0.6) is 11.5 Å². The second-order valence-corrected chi connectivity index (χ2v) is 7.38. The van der Waals surface area contributed by atoms with Crippen LogP contribution in [0.3, 0.4) is 0 Å². The largest absolute Gasteiger partial charge is 0.493 e. The molecule has 0 atom stereocenters. The van der Waals surface area contributed by atoms with E-state index in [1.165, 1.54) is 70.3 Å². The van der Waals surface area contributed by atoms with Gasteiger partial charge < -0.3 is 9.47 Å². The molecular formula is C21H34N2O2. The Hall–Kier alpha value is -1.26. The molecule has 0 aromatic heterocycles. The lowest BCUT2D eigenvalue weighted by Crippen LogP contribution is -2.49. The zero-order valence-electron chi connectivity index (χ0n) is 16.0. The fraction of sp³-hybridized carbons (Fsp3) is 0.714. The van der Waals surface area contributed by atoms with Crippen molar-refractivity contribution in [2.24, 2.45) is 0 Å². The predicted octanol–water partition coefficient (Wildman–Crippen LogP) is 3.93. The first-order valence-corrected chi connectivity index (χ1v) is 10.1. The summed E-state index contributed by atoms with van der Waals surface area (Å²) in [5, 5.41) is 0. The molecule has 0 bridgehead atoms. The van der Waals surface area contributed by atoms with E-state index in [0.717, 1.165) is 24.1 Å². The van der Waals surface area contributed by atoms with Gasteiger partial charge in [0.15, 0.2) is 11.5 Å². The zero-order valence-corrected chi connectivity index (χ0v) is 16.0. The van der Waals surface area contributed by atoms with E-state index in [1.54, 1.807) is 7.11 Å². The Balaban J connectivity index is 1.52. The quantitative estimate of drug-likeness (QED) is 0.729. The normalized spacial score (nSPS) is 21.0. The number of piperazine rings is 1. The van der Waals surface area contributed by atoms with Crippen LogP contribution in [0.4, 0.5) is 0 Å². The molecule has 1 heterocycles. The Morgan fingerprint density at radius 1 is 0.960 bits per heavy atom. The molecule has 0 N–H and O–H groups in total. The van der Waals surface area contributed by atoms with Gasteiger partial charge >= 0.3 is 0 Å². The summed E-state index contributed by atoms with van der Waals surface area (Å²) in [6.07, 6.45) is 8.56. The highest BCUT2D eigenvalue weighted by molar-refractivity contribution is 5.42. The van der Waals surface area contributed by atoms with Crippen molar-refractivity contribution in [2.45, 2.75) is 58.0 Å². The van der Waals surface area contributed by atoms with Gasteiger partial charge in [0.05, 0.1) is 13.7 Å². The summed E-state index contributed by atoms with van der Waals surface area (Å²) in [6, 6.07) is 7.18. The molecule has 0 radical (unpaired) electrons. The monoisotopic (exact) mass is 346 g/mol. The van der Waals surface area contributed by atoms with E-state index in [4.69, 9.17) is 9.47 Å². The number of hydrogen-bond donors (Lipinski definition) is 0. The first-order valence-electron chi connectivity index (χ1n) is 10.1. The highest BCUT2D eigenvalue weighted by Gasteiger charge is 2.24. The van der Waals surface area contributed by atoms with Crippen LogP contribution in [0.2, 0.25) is 0 Å². The third-order valence-electron chi connectivity index (χ3n) is 5.68. The van der Waals surface area contributed by atoms with Crippen molar-refractivity contribution in [3.63, 3.8) is 0 Å². The van der Waals surface area contributed by atoms with Gasteiger partial charge in [-0.3, -0.25) is 9.80 Å². The first kappa shape index (κ1) is 18.5. The van der Waals surface area contributed by atoms with E-state index in [9.17, 15) is 0 Å². The molecule has 140 valence electrons. The summed E-state index contributed by atoms with van der Waals surface area (Å²) >= 11 is 0. The lowest BCUT2D eigenvalue weighted by Gasteiger charge is -2.39. The van der Waals surface area contributed by atoms with Crippen LogP contribution >= 0.6 is 0 Å². The van der Waals surface area contributed by atoms with Crippen molar-refractivity contribution in [2.75, 3.05) is 39.9 Å². The van der Waals surface area contributed by atoms with E-state index in [0.29, 0.717) is 6.61 Å². The summed E-state index contributed by atoms with van der Waals surface area (Å²) in [7, 11) is 1.70. The second kappa shape index (κ2) is 9.44. The molecule has 3 rings (SSSR count). The summed E-state index contributed by atoms with van der Waals surface area (Å²) < 4.78 is 11.1. The van der Waals surface area contributed by atoms with Crippen LogP contribution in [0.1, 0.15) is 51.0 Å². The van der Waals surface area contributed by atoms with Crippen LogP contribution in [0, 0.1) is 0 Å². The lowest BCUT2D eigenvalue weighted by atomic mass is 10.1. The third kappa shape index (κ3) is 5.11. The molecule has 4 heteroatoms. The number of rotatable bonds is 6. The predicted molar refractivity (Wildman–Crippen MR) is 103 cm³/mol. The van der Waals surface area contributed by atoms with Gasteiger partial charge in [-0.05, 0) is 37.5 Å². The lowest BCUT2D eigenvalue weighted by molar-refractivity contribution is 0.0851. The van der Waals surface area contributed by atoms with E-state index in [2.05, 4.69) is 21.9 Å². The number of ether oxygens (including phenoxy) is 2. The van der Waals surface area contributed by atoms with Crippen LogP contribution in [0.15, 0.2) is 18.2 Å². The molecule has 1 saturated carbocycles. The maximum absolute atomic E-state index is 5.71. The summed E-state index contributed by atoms with van der Waals surface area (Å²) in [4.78, 5) is 5.33. The Bertz CT molecular complexity index is 519. The van der Waals surface area contributed by atoms with Crippen LogP contribution < -0.4 is 9.47 Å². The molecule has 0 amide bonds. The van der Waals surface area contributed by atoms with Crippen molar-refractivity contribution in [1.29, 1.82) is 0 Å². The Kier molecular flexibility index (Phi) is 7.00. The van der Waals surface area contributed by atoms with Crippen LogP contribution in [-0.2, 0) is 6.54 Å². The van der Waals surface area contributed by atoms with E-state index in [1.807, 2.05) is 13.0 Å². The van der Waals surface area contributed by atoms with E-state index >= 15 is 0 Å². The topological polar surface area (TPSA) is 24.9 Å². The molecule has 1 aliphatic heterocycles. The molecule has 1 aliphatic carbocycles. The van der Waals surface area contributed by atoms with E-state index < -0.39 is 0 Å². The minimum atomic E-state index is 0.667. The van der Waals surface area contributed by atoms with Gasteiger partial charge in [-0.1, -0.05) is 31.7 Å². The molecular weight excluding hydrogens is 312 g/mol. The molecule has 2 aliphatic rings. The number of hydrogen-bond acceptors (Lipinski definition) is 4. The number of benzene rings is 1. The smallest absolute Gasteiger partial charge is 0.161 e. The molecule has 4 nitrogen and oxygen atoms in total. The van der Waals surface area contributed by atoms with Crippen molar-refractivity contribution >= 4 is 0 Å². The minimum Gasteiger partial charge on any atom is -0.493 e. The molecule has 0 unspecified atom stereocenters. The maximum Gasteiger partial charge on any atom is 0.161 e. The van der Waals surface area contributed by atoms with Crippen molar-refractivity contribution in [3.05, 3.63) is 23.8 Å². The number of nitrogens with zero attached hydrogens (tertiary/aromatic N) is 2. The standard InChI is InChI=1S/C21H34N2O2/c1-3-25-21-16-18(10-11-20(21)24-2)17-22-12-14-23(15-13-22)19-8-6-4-5-7-9-19/h10-11,16,19H,3-9,12-15,17H2,1-2H3. The second-order valence-electron chi connectivity index (χ2n) is 7.38. The molecule has 2 fully saturated rings. The Labute approximate surface area is 153 Å². The fourth-order valence-electron chi connectivity index (χ4n) is 4.26. The Morgan fingerprint density at radius 3 is 2.32 bits per heavy atom. The molecule has 1 aromatic rings. The Morgan fingerprint density at radius 2 is 1.68 bits per heavy atom. The van der Waals surface area contributed by atoms with E-state index in [-0.39, 0.29) is 0 Å². The molecule has 1 saturated heterocycles. The minimum absolute atomic E-state index is 0.667. The molecule has 25 heavy (non-hydrogen) atoms. The molecule has 0 spiro atoms. The van der Waals surface area contributed by atoms with Gasteiger partial charge in [0.25, 0.3) is 0 Å². The highest BCUT2D eigenvalue weighted by Crippen LogP contribution is 2.29. The van der Waals surface area contributed by atoms with Gasteiger partial charge in [0.2, 0.25) is 0 Å². The average molecular weight is 347 g/mol. The maximum atomic E-state index is 5.71. The van der Waals surface area contributed by atoms with Crippen LogP contribution in [-0.4, -0.2) is 55.7 Å². The highest BCUT2D eigenvalue weighted by atomic mass is 16.5. The number of methoxy groups -OCH3 is 1. The first-order chi connectivity index (χ1) is 12.3. The van der Waals surface area contributed by atoms with Gasteiger partial charge in [0.1, 0.15) is 0 Å². The van der Waals surface area contributed by atoms with Crippen molar-refractivity contribution in [3.8, 4) is 11.5 Å². The van der Waals surface area contributed by atoms with Crippen LogP contribution in [0.25, 0.3) is 0 Å². The summed E-state index contributed by atoms with van der Waals surface area (Å²) in [6.45, 7) is 8.47. The van der Waals surface area contributed by atoms with Gasteiger partial charge in [0, 0.05) is 38.8 Å². The molecule has 1 aromatic carbocycles. The van der Waals surface area contributed by atoms with Gasteiger partial charge in [-0.15, -0.1) is 0 Å². The third-order valence-corrected chi connectivity index (χ3v) is 5.68. The average Bonchev–Trinajstić information content (AvgIpc) is 2.92. The summed E-state index contributed by atoms with van der Waals surface area (Å²) in [5.74, 6) is 1.68. The van der Waals surface area contributed by atoms with Crippen molar-refractivity contribution < 1.29 is 9.47 Å². The summed E-state index contributed by atoms with van der Waals surface area (Å²) in [5.41, 5.74) is 1.31. The fourth-order valence-corrected chi connectivity index (χ4v) is 4.26.